The lowest BCUT2D eigenvalue weighted by atomic mass is 10.3. The minimum Gasteiger partial charge on any atom is -1.00 e. The molecule has 2 rings (SSSR count). The van der Waals surface area contributed by atoms with Gasteiger partial charge in [-0.25, -0.2) is 4.79 Å². The highest BCUT2D eigenvalue weighted by molar-refractivity contribution is 8.01. The zero-order valence-corrected chi connectivity index (χ0v) is 17.1. The smallest absolute Gasteiger partial charge is 0.350 e. The molecular weight excluding hydrogens is 428 g/mol. The number of esters is 2. The summed E-state index contributed by atoms with van der Waals surface area (Å²) in [5.74, 6) is -0.617. The number of rotatable bonds is 7. The van der Waals surface area contributed by atoms with Gasteiger partial charge in [0.15, 0.2) is 12.4 Å². The second kappa shape index (κ2) is 10.4. The van der Waals surface area contributed by atoms with Crippen LogP contribution in [-0.4, -0.2) is 30.9 Å². The molecule has 0 unspecified atom stereocenters. The van der Waals surface area contributed by atoms with E-state index in [0.717, 1.165) is 4.21 Å². The van der Waals surface area contributed by atoms with Crippen LogP contribution in [0, 0.1) is 0 Å². The number of nitrogens with two attached hydrogens (primary N) is 1. The first-order valence-electron chi connectivity index (χ1n) is 7.42. The van der Waals surface area contributed by atoms with Gasteiger partial charge in [0.25, 0.3) is 5.69 Å². The minimum atomic E-state index is -0.458. The molecule has 0 radical (unpaired) electrons. The first-order valence-corrected chi connectivity index (χ1v) is 9.23. The van der Waals surface area contributed by atoms with Crippen LogP contribution in [-0.2, 0) is 14.3 Å². The topological polar surface area (TPSA) is 82.5 Å². The number of thiophene rings is 1. The van der Waals surface area contributed by atoms with Crippen molar-refractivity contribution in [1.29, 1.82) is 0 Å². The molecule has 0 spiro atoms. The van der Waals surface area contributed by atoms with Gasteiger partial charge in [0.1, 0.15) is 14.8 Å². The SMILES string of the molecule is CCOC(=O)CSc1sc(C(=O)OCC)c(N)c1-[n+]1ccccc1.[Br-]. The lowest BCUT2D eigenvalue weighted by Gasteiger charge is -2.01. The second-order valence-electron chi connectivity index (χ2n) is 4.58. The van der Waals surface area contributed by atoms with Gasteiger partial charge >= 0.3 is 11.9 Å². The van der Waals surface area contributed by atoms with Crippen molar-refractivity contribution < 1.29 is 40.6 Å². The van der Waals surface area contributed by atoms with Gasteiger partial charge in [-0.05, 0) is 13.8 Å². The molecule has 2 aromatic rings. The summed E-state index contributed by atoms with van der Waals surface area (Å²) in [5.41, 5.74) is 7.22. The monoisotopic (exact) mass is 446 g/mol. The molecule has 2 aromatic heterocycles. The summed E-state index contributed by atoms with van der Waals surface area (Å²) in [6.07, 6.45) is 3.67. The Balaban J connectivity index is 0.00000312. The van der Waals surface area contributed by atoms with Crippen LogP contribution in [0.25, 0.3) is 5.69 Å². The summed E-state index contributed by atoms with van der Waals surface area (Å²) in [6, 6.07) is 5.61. The van der Waals surface area contributed by atoms with Crippen molar-refractivity contribution in [2.45, 2.75) is 18.1 Å². The highest BCUT2D eigenvalue weighted by Gasteiger charge is 2.29. The van der Waals surface area contributed by atoms with Crippen LogP contribution >= 0.6 is 23.1 Å². The summed E-state index contributed by atoms with van der Waals surface area (Å²) in [5, 5.41) is 0. The first-order chi connectivity index (χ1) is 11.6. The van der Waals surface area contributed by atoms with Crippen molar-refractivity contribution in [2.75, 3.05) is 24.7 Å². The molecule has 0 saturated carbocycles. The molecule has 25 heavy (non-hydrogen) atoms. The molecular formula is C16H19BrN2O4S2. The quantitative estimate of drug-likeness (QED) is 0.348. The van der Waals surface area contributed by atoms with Crippen LogP contribution in [0.2, 0.25) is 0 Å². The van der Waals surface area contributed by atoms with E-state index in [2.05, 4.69) is 0 Å². The lowest BCUT2D eigenvalue weighted by molar-refractivity contribution is -0.596. The maximum Gasteiger partial charge on any atom is 0.350 e. The minimum absolute atomic E-state index is 0. The molecule has 2 N–H and O–H groups in total. The molecule has 0 aliphatic rings. The van der Waals surface area contributed by atoms with E-state index in [0.29, 0.717) is 22.9 Å². The first kappa shape index (κ1) is 21.5. The highest BCUT2D eigenvalue weighted by Crippen LogP contribution is 2.38. The Morgan fingerprint density at radius 1 is 1.16 bits per heavy atom. The number of anilines is 1. The third-order valence-electron chi connectivity index (χ3n) is 2.95. The number of carbonyl (C=O) groups excluding carboxylic acids is 2. The Kier molecular flexibility index (Phi) is 8.95. The Hall–Kier alpha value is -1.58. The number of ether oxygens (including phenoxy) is 2. The average Bonchev–Trinajstić information content (AvgIpc) is 2.91. The molecule has 9 heteroatoms. The summed E-state index contributed by atoms with van der Waals surface area (Å²) >= 11 is 2.52. The third-order valence-corrected chi connectivity index (χ3v) is 5.36. The number of hydrogen-bond acceptors (Lipinski definition) is 7. The van der Waals surface area contributed by atoms with E-state index in [1.54, 1.807) is 13.8 Å². The average molecular weight is 447 g/mol. The summed E-state index contributed by atoms with van der Waals surface area (Å²) < 4.78 is 12.6. The van der Waals surface area contributed by atoms with E-state index < -0.39 is 5.97 Å². The van der Waals surface area contributed by atoms with Crippen LogP contribution < -0.4 is 27.3 Å². The van der Waals surface area contributed by atoms with Gasteiger partial charge in [-0.15, -0.1) is 11.3 Å². The highest BCUT2D eigenvalue weighted by atomic mass is 79.9. The van der Waals surface area contributed by atoms with Crippen LogP contribution in [0.4, 0.5) is 5.69 Å². The summed E-state index contributed by atoms with van der Waals surface area (Å²) in [4.78, 5) is 24.1. The Morgan fingerprint density at radius 3 is 2.40 bits per heavy atom. The number of halogens is 1. The normalized spacial score (nSPS) is 10.0. The van der Waals surface area contributed by atoms with Crippen molar-refractivity contribution in [3.05, 3.63) is 35.5 Å². The van der Waals surface area contributed by atoms with Gasteiger partial charge in [-0.2, -0.15) is 4.57 Å². The Bertz CT molecular complexity index is 722. The summed E-state index contributed by atoms with van der Waals surface area (Å²) in [7, 11) is 0. The van der Waals surface area contributed by atoms with Crippen molar-refractivity contribution >= 4 is 40.7 Å². The molecule has 0 aliphatic heterocycles. The maximum atomic E-state index is 12.1. The molecule has 0 amide bonds. The van der Waals surface area contributed by atoms with E-state index in [9.17, 15) is 9.59 Å². The molecule has 0 aliphatic carbocycles. The molecule has 0 bridgehead atoms. The van der Waals surface area contributed by atoms with Gasteiger partial charge in [-0.3, -0.25) is 4.79 Å². The third kappa shape index (κ3) is 5.45. The van der Waals surface area contributed by atoms with E-state index >= 15 is 0 Å². The van der Waals surface area contributed by atoms with E-state index in [4.69, 9.17) is 15.2 Å². The molecule has 0 fully saturated rings. The van der Waals surface area contributed by atoms with Crippen molar-refractivity contribution in [2.24, 2.45) is 0 Å². The molecule has 6 nitrogen and oxygen atoms in total. The van der Waals surface area contributed by atoms with E-state index in [1.165, 1.54) is 23.1 Å². The van der Waals surface area contributed by atoms with Crippen LogP contribution in [0.15, 0.2) is 34.8 Å². The molecule has 0 saturated heterocycles. The van der Waals surface area contributed by atoms with E-state index in [-0.39, 0.29) is 35.3 Å². The zero-order chi connectivity index (χ0) is 17.5. The fourth-order valence-corrected chi connectivity index (χ4v) is 4.17. The molecule has 0 aromatic carbocycles. The predicted octanol–water partition coefficient (Wildman–Crippen LogP) is -0.557. The van der Waals surface area contributed by atoms with Gasteiger partial charge in [0.2, 0.25) is 0 Å². The van der Waals surface area contributed by atoms with Crippen LogP contribution in [0.3, 0.4) is 0 Å². The van der Waals surface area contributed by atoms with Crippen LogP contribution in [0.1, 0.15) is 23.5 Å². The van der Waals surface area contributed by atoms with Crippen molar-refractivity contribution in [1.82, 2.24) is 0 Å². The molecule has 0 atom stereocenters. The van der Waals surface area contributed by atoms with E-state index in [1.807, 2.05) is 35.2 Å². The van der Waals surface area contributed by atoms with Crippen LogP contribution in [0.5, 0.6) is 0 Å². The largest absolute Gasteiger partial charge is 1.00 e. The predicted molar refractivity (Wildman–Crippen MR) is 93.6 cm³/mol. The summed E-state index contributed by atoms with van der Waals surface area (Å²) in [6.45, 7) is 4.11. The fraction of sp³-hybridized carbons (Fsp3) is 0.312. The fourth-order valence-electron chi connectivity index (χ4n) is 1.98. The van der Waals surface area contributed by atoms with Gasteiger partial charge in [0, 0.05) is 12.1 Å². The van der Waals surface area contributed by atoms with Gasteiger partial charge in [-0.1, -0.05) is 17.8 Å². The van der Waals surface area contributed by atoms with Crippen molar-refractivity contribution in [3.8, 4) is 5.69 Å². The zero-order valence-electron chi connectivity index (χ0n) is 13.9. The number of pyridine rings is 1. The number of aromatic nitrogens is 1. The number of carbonyl (C=O) groups is 2. The standard InChI is InChI=1S/C16H18N2O4S2.BrH/c1-3-21-11(19)10-23-16-13(18-8-6-5-7-9-18)12(17)14(24-16)15(20)22-4-2;/h5-9H,3-4,10H2,1-2H3,(H-,17,20);1H. The lowest BCUT2D eigenvalue weighted by Crippen LogP contribution is -3.00. The molecule has 136 valence electrons. The number of thioether (sulfide) groups is 1. The number of hydrogen-bond donors (Lipinski definition) is 1. The Morgan fingerprint density at radius 2 is 1.80 bits per heavy atom. The molecule has 2 heterocycles. The Labute approximate surface area is 165 Å². The van der Waals surface area contributed by atoms with Crippen molar-refractivity contribution in [3.63, 3.8) is 0 Å². The van der Waals surface area contributed by atoms with Gasteiger partial charge in [0.05, 0.1) is 19.0 Å². The van der Waals surface area contributed by atoms with Gasteiger partial charge < -0.3 is 32.2 Å². The maximum absolute atomic E-state index is 12.1. The number of nitrogens with zero attached hydrogens (tertiary/aromatic N) is 1. The number of nitrogen functional groups attached to an aromatic ring is 1. The second-order valence-corrected chi connectivity index (χ2v) is 6.84.